The highest BCUT2D eigenvalue weighted by Crippen LogP contribution is 2.45. The first kappa shape index (κ1) is 14.0. The summed E-state index contributed by atoms with van der Waals surface area (Å²) in [6.07, 6.45) is 1.39. The third kappa shape index (κ3) is 4.03. The summed E-state index contributed by atoms with van der Waals surface area (Å²) in [5.74, 6) is -0.651. The van der Waals surface area contributed by atoms with E-state index in [2.05, 4.69) is 10.1 Å². The molecule has 0 unspecified atom stereocenters. The lowest BCUT2D eigenvalue weighted by molar-refractivity contribution is -0.144. The van der Waals surface area contributed by atoms with Gasteiger partial charge in [0.15, 0.2) is 0 Å². The van der Waals surface area contributed by atoms with Crippen LogP contribution in [-0.2, 0) is 14.3 Å². The van der Waals surface area contributed by atoms with Gasteiger partial charge in [0.25, 0.3) is 0 Å². The Hall–Kier alpha value is -1.05. The number of esters is 1. The zero-order chi connectivity index (χ0) is 13.1. The number of hydrogen-bond acceptors (Lipinski definition) is 8. The van der Waals surface area contributed by atoms with E-state index in [0.717, 1.165) is 6.66 Å². The van der Waals surface area contributed by atoms with E-state index < -0.39 is 19.2 Å². The van der Waals surface area contributed by atoms with Crippen molar-refractivity contribution in [1.29, 1.82) is 0 Å². The van der Waals surface area contributed by atoms with Gasteiger partial charge in [-0.05, 0) is 6.08 Å². The fourth-order valence-corrected chi connectivity index (χ4v) is 1.48. The SMILES string of the molecule is C[P+](O)(O)C(=O)CNCN(O)C1=CCOC1=O. The van der Waals surface area contributed by atoms with Gasteiger partial charge in [0, 0.05) is 0 Å². The Bertz CT molecular complexity index is 350. The molecule has 0 radical (unpaired) electrons. The molecule has 0 fully saturated rings. The maximum Gasteiger partial charge on any atom is 0.357 e. The molecule has 0 atom stereocenters. The predicted octanol–water partition coefficient (Wildman–Crippen LogP) is -1.35. The molecule has 0 saturated heterocycles. The summed E-state index contributed by atoms with van der Waals surface area (Å²) >= 11 is 0. The molecule has 0 saturated carbocycles. The number of carbonyl (C=O) groups is 2. The highest BCUT2D eigenvalue weighted by atomic mass is 31.2. The van der Waals surface area contributed by atoms with Crippen molar-refractivity contribution >= 4 is 19.2 Å². The first-order chi connectivity index (χ1) is 7.82. The molecule has 0 amide bonds. The van der Waals surface area contributed by atoms with Crippen molar-refractivity contribution in [3.63, 3.8) is 0 Å². The van der Waals surface area contributed by atoms with Crippen LogP contribution in [0.4, 0.5) is 0 Å². The molecule has 1 rings (SSSR count). The molecular weight excluding hydrogens is 251 g/mol. The van der Waals surface area contributed by atoms with Gasteiger partial charge in [-0.15, -0.1) is 0 Å². The van der Waals surface area contributed by atoms with E-state index in [9.17, 15) is 14.8 Å². The van der Waals surface area contributed by atoms with Crippen molar-refractivity contribution in [3.05, 3.63) is 11.8 Å². The monoisotopic (exact) mass is 265 g/mol. The van der Waals surface area contributed by atoms with Crippen molar-refractivity contribution in [3.8, 4) is 0 Å². The molecule has 0 aromatic rings. The molecule has 9 heteroatoms. The minimum Gasteiger partial charge on any atom is -0.457 e. The molecule has 17 heavy (non-hydrogen) atoms. The predicted molar refractivity (Wildman–Crippen MR) is 57.8 cm³/mol. The van der Waals surface area contributed by atoms with Crippen LogP contribution in [-0.4, -0.2) is 58.0 Å². The summed E-state index contributed by atoms with van der Waals surface area (Å²) in [6.45, 7) is 0.634. The fraction of sp³-hybridized carbons (Fsp3) is 0.500. The van der Waals surface area contributed by atoms with E-state index >= 15 is 0 Å². The Morgan fingerprint density at radius 3 is 2.76 bits per heavy atom. The van der Waals surface area contributed by atoms with Crippen LogP contribution in [0, 0.1) is 0 Å². The molecular formula is C8H14N2O6P+. The van der Waals surface area contributed by atoms with E-state index in [1.165, 1.54) is 6.08 Å². The molecule has 1 heterocycles. The van der Waals surface area contributed by atoms with Gasteiger partial charge in [0.2, 0.25) is 0 Å². The summed E-state index contributed by atoms with van der Waals surface area (Å²) < 4.78 is 4.57. The number of hydrogen-bond donors (Lipinski definition) is 4. The third-order valence-electron chi connectivity index (χ3n) is 1.99. The largest absolute Gasteiger partial charge is 0.457 e. The number of rotatable bonds is 6. The lowest BCUT2D eigenvalue weighted by Crippen LogP contribution is -2.36. The van der Waals surface area contributed by atoms with Crippen LogP contribution in [0.2, 0.25) is 0 Å². The molecule has 4 N–H and O–H groups in total. The Balaban J connectivity index is 2.32. The second-order valence-corrected chi connectivity index (χ2v) is 5.80. The Labute approximate surface area is 97.9 Å². The van der Waals surface area contributed by atoms with Gasteiger partial charge in [0.1, 0.15) is 25.5 Å². The highest BCUT2D eigenvalue weighted by molar-refractivity contribution is 7.80. The van der Waals surface area contributed by atoms with Gasteiger partial charge in [-0.3, -0.25) is 10.5 Å². The van der Waals surface area contributed by atoms with E-state index in [0.29, 0.717) is 5.06 Å². The van der Waals surface area contributed by atoms with Crippen LogP contribution in [0.25, 0.3) is 0 Å². The number of cyclic esters (lactones) is 1. The zero-order valence-electron chi connectivity index (χ0n) is 9.16. The van der Waals surface area contributed by atoms with Gasteiger partial charge < -0.3 is 4.74 Å². The molecule has 0 aromatic heterocycles. The summed E-state index contributed by atoms with van der Waals surface area (Å²) in [4.78, 5) is 40.2. The Kier molecular flexibility index (Phi) is 4.55. The van der Waals surface area contributed by atoms with Crippen molar-refractivity contribution in [2.45, 2.75) is 0 Å². The quantitative estimate of drug-likeness (QED) is 0.201. The first-order valence-electron chi connectivity index (χ1n) is 4.72. The number of hydroxylamine groups is 2. The normalized spacial score (nSPS) is 15.5. The van der Waals surface area contributed by atoms with Crippen LogP contribution in [0.5, 0.6) is 0 Å². The summed E-state index contributed by atoms with van der Waals surface area (Å²) in [6, 6.07) is 0. The number of carbonyl (C=O) groups excluding carboxylic acids is 2. The second kappa shape index (κ2) is 5.52. The third-order valence-corrected chi connectivity index (χ3v) is 3.09. The van der Waals surface area contributed by atoms with E-state index in [1.807, 2.05) is 0 Å². The summed E-state index contributed by atoms with van der Waals surface area (Å²) in [7, 11) is -3.51. The fourth-order valence-electron chi connectivity index (χ4n) is 1.07. The molecule has 0 spiro atoms. The van der Waals surface area contributed by atoms with E-state index in [1.54, 1.807) is 0 Å². The Morgan fingerprint density at radius 1 is 1.65 bits per heavy atom. The van der Waals surface area contributed by atoms with Crippen molar-refractivity contribution in [2.24, 2.45) is 0 Å². The maximum absolute atomic E-state index is 11.1. The smallest absolute Gasteiger partial charge is 0.357 e. The van der Waals surface area contributed by atoms with Gasteiger partial charge in [-0.1, -0.05) is 0 Å². The molecule has 1 aliphatic rings. The van der Waals surface area contributed by atoms with Gasteiger partial charge in [0.05, 0.1) is 6.67 Å². The molecule has 0 bridgehead atoms. The number of nitrogens with one attached hydrogen (secondary N) is 1. The van der Waals surface area contributed by atoms with E-state index in [4.69, 9.17) is 9.79 Å². The summed E-state index contributed by atoms with van der Waals surface area (Å²) in [5.41, 5.74) is -0.760. The van der Waals surface area contributed by atoms with Gasteiger partial charge in [-0.25, -0.2) is 24.4 Å². The minimum atomic E-state index is -3.51. The van der Waals surface area contributed by atoms with Crippen LogP contribution < -0.4 is 5.32 Å². The molecule has 8 nitrogen and oxygen atoms in total. The van der Waals surface area contributed by atoms with Crippen LogP contribution >= 0.6 is 7.72 Å². The standard InChI is InChI=1S/C8H14N2O6P/c1-17(14,15)7(11)4-9-5-10(13)6-2-3-16-8(6)12/h2,9,13-15H,3-5H2,1H3/q+1. The van der Waals surface area contributed by atoms with Crippen LogP contribution in [0.1, 0.15) is 0 Å². The molecule has 0 aromatic carbocycles. The van der Waals surface area contributed by atoms with Crippen molar-refractivity contribution < 1.29 is 29.3 Å². The van der Waals surface area contributed by atoms with Crippen LogP contribution in [0.15, 0.2) is 11.8 Å². The second-order valence-electron chi connectivity index (χ2n) is 3.48. The lowest BCUT2D eigenvalue weighted by atomic mass is 10.4. The number of nitrogens with zero attached hydrogens (tertiary/aromatic N) is 1. The van der Waals surface area contributed by atoms with E-state index in [-0.39, 0.29) is 25.5 Å². The van der Waals surface area contributed by atoms with Crippen molar-refractivity contribution in [2.75, 3.05) is 26.5 Å². The molecule has 96 valence electrons. The minimum absolute atomic E-state index is 0.0181. The Morgan fingerprint density at radius 2 is 2.29 bits per heavy atom. The summed E-state index contributed by atoms with van der Waals surface area (Å²) in [5, 5.41) is 12.5. The lowest BCUT2D eigenvalue weighted by Gasteiger charge is -2.16. The zero-order valence-corrected chi connectivity index (χ0v) is 10.1. The average molecular weight is 265 g/mol. The number of ether oxygens (including phenoxy) is 1. The average Bonchev–Trinajstić information content (AvgIpc) is 2.62. The van der Waals surface area contributed by atoms with Gasteiger partial charge >= 0.3 is 19.2 Å². The molecule has 1 aliphatic heterocycles. The maximum atomic E-state index is 11.1. The molecule has 0 aliphatic carbocycles. The highest BCUT2D eigenvalue weighted by Gasteiger charge is 2.36. The topological polar surface area (TPSA) is 119 Å². The first-order valence-corrected chi connectivity index (χ1v) is 6.86. The van der Waals surface area contributed by atoms with Crippen molar-refractivity contribution in [1.82, 2.24) is 10.4 Å². The van der Waals surface area contributed by atoms with Crippen LogP contribution in [0.3, 0.4) is 0 Å². The van der Waals surface area contributed by atoms with Gasteiger partial charge in [-0.2, -0.15) is 0 Å².